The highest BCUT2D eigenvalue weighted by Crippen LogP contribution is 2.40. The van der Waals surface area contributed by atoms with Gasteiger partial charge in [0.15, 0.2) is 0 Å². The van der Waals surface area contributed by atoms with Gasteiger partial charge in [0, 0.05) is 15.1 Å². The van der Waals surface area contributed by atoms with Crippen LogP contribution in [0.3, 0.4) is 0 Å². The van der Waals surface area contributed by atoms with Gasteiger partial charge in [-0.05, 0) is 53.6 Å². The second-order valence-electron chi connectivity index (χ2n) is 4.87. The molecule has 0 saturated heterocycles. The predicted molar refractivity (Wildman–Crippen MR) is 85.1 cm³/mol. The Labute approximate surface area is 135 Å². The fourth-order valence-corrected chi connectivity index (χ4v) is 3.08. The molecule has 2 amide bonds. The maximum atomic E-state index is 11.8. The van der Waals surface area contributed by atoms with E-state index in [0.717, 1.165) is 9.99 Å². The van der Waals surface area contributed by atoms with E-state index in [2.05, 4.69) is 33.2 Å². The van der Waals surface area contributed by atoms with E-state index in [-0.39, 0.29) is 6.54 Å². The Morgan fingerprint density at radius 1 is 1.40 bits per heavy atom. The summed E-state index contributed by atoms with van der Waals surface area (Å²) in [4.78, 5) is 23.0. The number of carbonyl (C=O) groups is 2. The largest absolute Gasteiger partial charge is 0.481 e. The number of hydrogen-bond acceptors (Lipinski definition) is 2. The maximum Gasteiger partial charge on any atom is 0.319 e. The van der Waals surface area contributed by atoms with E-state index < -0.39 is 17.4 Å². The highest BCUT2D eigenvalue weighted by Gasteiger charge is 2.44. The van der Waals surface area contributed by atoms with Crippen LogP contribution in [0, 0.1) is 8.99 Å². The summed E-state index contributed by atoms with van der Waals surface area (Å²) in [6, 6.07) is 4.73. The Balaban J connectivity index is 1.91. The highest BCUT2D eigenvalue weighted by molar-refractivity contribution is 14.1. The molecule has 1 saturated carbocycles. The molecule has 2 rings (SSSR count). The first-order valence-electron chi connectivity index (χ1n) is 6.16. The van der Waals surface area contributed by atoms with Gasteiger partial charge in [-0.25, -0.2) is 4.79 Å². The Hall–Kier alpha value is -1.02. The smallest absolute Gasteiger partial charge is 0.319 e. The molecule has 7 heteroatoms. The molecule has 0 unspecified atom stereocenters. The van der Waals surface area contributed by atoms with E-state index >= 15 is 0 Å². The topological polar surface area (TPSA) is 78.4 Å². The van der Waals surface area contributed by atoms with E-state index in [4.69, 9.17) is 11.6 Å². The lowest BCUT2D eigenvalue weighted by Crippen LogP contribution is -2.48. The molecule has 0 aromatic heterocycles. The number of carboxylic acid groups (broad SMARTS) is 1. The highest BCUT2D eigenvalue weighted by atomic mass is 127. The molecule has 0 atom stereocenters. The number of carbonyl (C=O) groups excluding carboxylic acids is 1. The third kappa shape index (κ3) is 3.35. The standard InChI is InChI=1S/C13H14ClIN2O3/c14-8-2-3-10(9(15)6-8)17-12(20)16-7-13(11(18)19)4-1-5-13/h2-3,6H,1,4-5,7H2,(H,18,19)(H2,16,17,20). The summed E-state index contributed by atoms with van der Waals surface area (Å²) >= 11 is 7.91. The number of amides is 2. The number of rotatable bonds is 4. The Bertz CT molecular complexity index is 546. The fraction of sp³-hybridized carbons (Fsp3) is 0.385. The quantitative estimate of drug-likeness (QED) is 0.669. The van der Waals surface area contributed by atoms with E-state index in [9.17, 15) is 14.7 Å². The molecule has 1 aromatic carbocycles. The molecule has 0 aliphatic heterocycles. The molecule has 0 radical (unpaired) electrons. The van der Waals surface area contributed by atoms with Gasteiger partial charge in [0.2, 0.25) is 0 Å². The average molecular weight is 409 g/mol. The summed E-state index contributed by atoms with van der Waals surface area (Å²) in [5.74, 6) is -0.842. The zero-order chi connectivity index (χ0) is 14.8. The minimum Gasteiger partial charge on any atom is -0.481 e. The molecule has 1 fully saturated rings. The van der Waals surface area contributed by atoms with Crippen molar-refractivity contribution in [3.05, 3.63) is 26.8 Å². The monoisotopic (exact) mass is 408 g/mol. The number of benzene rings is 1. The lowest BCUT2D eigenvalue weighted by atomic mass is 9.69. The van der Waals surface area contributed by atoms with Gasteiger partial charge >= 0.3 is 12.0 Å². The van der Waals surface area contributed by atoms with Gasteiger partial charge in [0.1, 0.15) is 0 Å². The molecule has 1 aliphatic rings. The molecule has 0 heterocycles. The first kappa shape index (κ1) is 15.4. The van der Waals surface area contributed by atoms with E-state index in [1.54, 1.807) is 18.2 Å². The normalized spacial score (nSPS) is 16.1. The predicted octanol–water partition coefficient (Wildman–Crippen LogP) is 3.32. The summed E-state index contributed by atoms with van der Waals surface area (Å²) in [6.45, 7) is 0.151. The van der Waals surface area contributed by atoms with Crippen LogP contribution < -0.4 is 10.6 Å². The zero-order valence-corrected chi connectivity index (χ0v) is 13.5. The Kier molecular flexibility index (Phi) is 4.74. The second-order valence-corrected chi connectivity index (χ2v) is 6.47. The number of urea groups is 1. The molecule has 0 bridgehead atoms. The number of anilines is 1. The third-order valence-electron chi connectivity index (χ3n) is 3.53. The summed E-state index contributed by atoms with van der Waals surface area (Å²) < 4.78 is 0.821. The van der Waals surface area contributed by atoms with Gasteiger partial charge in [0.25, 0.3) is 0 Å². The van der Waals surface area contributed by atoms with Gasteiger partial charge < -0.3 is 15.7 Å². The number of carboxylic acids is 1. The molecule has 1 aromatic rings. The van der Waals surface area contributed by atoms with E-state index in [1.165, 1.54) is 0 Å². The van der Waals surface area contributed by atoms with Crippen molar-refractivity contribution in [1.29, 1.82) is 0 Å². The van der Waals surface area contributed by atoms with Crippen LogP contribution in [0.4, 0.5) is 10.5 Å². The van der Waals surface area contributed by atoms with Crippen LogP contribution in [-0.2, 0) is 4.79 Å². The minimum atomic E-state index is -0.842. The number of aliphatic carboxylic acids is 1. The van der Waals surface area contributed by atoms with Gasteiger partial charge in [-0.3, -0.25) is 4.79 Å². The molecule has 108 valence electrons. The lowest BCUT2D eigenvalue weighted by Gasteiger charge is -2.37. The number of hydrogen-bond donors (Lipinski definition) is 3. The molecular formula is C13H14ClIN2O3. The summed E-state index contributed by atoms with van der Waals surface area (Å²) in [7, 11) is 0. The molecule has 5 nitrogen and oxygen atoms in total. The van der Waals surface area contributed by atoms with Gasteiger partial charge in [-0.15, -0.1) is 0 Å². The van der Waals surface area contributed by atoms with Gasteiger partial charge in [0.05, 0.1) is 11.1 Å². The van der Waals surface area contributed by atoms with Crippen LogP contribution in [-0.4, -0.2) is 23.7 Å². The molecule has 1 aliphatic carbocycles. The van der Waals surface area contributed by atoms with Crippen molar-refractivity contribution >= 4 is 51.9 Å². The zero-order valence-electron chi connectivity index (χ0n) is 10.6. The Morgan fingerprint density at radius 2 is 2.10 bits per heavy atom. The van der Waals surface area contributed by atoms with Crippen LogP contribution >= 0.6 is 34.2 Å². The summed E-state index contributed by atoms with van der Waals surface area (Å²) in [5.41, 5.74) is -0.143. The fourth-order valence-electron chi connectivity index (χ4n) is 2.08. The van der Waals surface area contributed by atoms with Crippen molar-refractivity contribution in [3.63, 3.8) is 0 Å². The van der Waals surface area contributed by atoms with Crippen LogP contribution in [0.5, 0.6) is 0 Å². The van der Waals surface area contributed by atoms with Crippen molar-refractivity contribution < 1.29 is 14.7 Å². The third-order valence-corrected chi connectivity index (χ3v) is 4.66. The van der Waals surface area contributed by atoms with Crippen molar-refractivity contribution in [2.24, 2.45) is 5.41 Å². The first-order valence-corrected chi connectivity index (χ1v) is 7.62. The van der Waals surface area contributed by atoms with Crippen LogP contribution in [0.1, 0.15) is 19.3 Å². The van der Waals surface area contributed by atoms with E-state index in [0.29, 0.717) is 23.6 Å². The van der Waals surface area contributed by atoms with Crippen molar-refractivity contribution in [2.45, 2.75) is 19.3 Å². The molecular weight excluding hydrogens is 395 g/mol. The number of halogens is 2. The summed E-state index contributed by atoms with van der Waals surface area (Å²) in [5, 5.41) is 15.1. The lowest BCUT2D eigenvalue weighted by molar-refractivity contribution is -0.153. The molecule has 0 spiro atoms. The minimum absolute atomic E-state index is 0.151. The van der Waals surface area contributed by atoms with Crippen molar-refractivity contribution in [3.8, 4) is 0 Å². The van der Waals surface area contributed by atoms with Crippen LogP contribution in [0.15, 0.2) is 18.2 Å². The van der Waals surface area contributed by atoms with Crippen LogP contribution in [0.2, 0.25) is 5.02 Å². The summed E-state index contributed by atoms with van der Waals surface area (Å²) in [6.07, 6.45) is 2.12. The molecule has 20 heavy (non-hydrogen) atoms. The van der Waals surface area contributed by atoms with Crippen molar-refractivity contribution in [1.82, 2.24) is 5.32 Å². The maximum absolute atomic E-state index is 11.8. The van der Waals surface area contributed by atoms with Gasteiger partial charge in [-0.1, -0.05) is 18.0 Å². The van der Waals surface area contributed by atoms with Crippen LogP contribution in [0.25, 0.3) is 0 Å². The Morgan fingerprint density at radius 3 is 2.60 bits per heavy atom. The SMILES string of the molecule is O=C(NCC1(C(=O)O)CCC1)Nc1ccc(Cl)cc1I. The number of nitrogens with one attached hydrogen (secondary N) is 2. The van der Waals surface area contributed by atoms with E-state index in [1.807, 2.05) is 0 Å². The first-order chi connectivity index (χ1) is 9.43. The average Bonchev–Trinajstić information content (AvgIpc) is 2.31. The van der Waals surface area contributed by atoms with Gasteiger partial charge in [-0.2, -0.15) is 0 Å². The van der Waals surface area contributed by atoms with Crippen molar-refractivity contribution in [2.75, 3.05) is 11.9 Å². The second kappa shape index (κ2) is 6.17. The molecule has 3 N–H and O–H groups in total.